The average molecular weight is 399 g/mol. The molecule has 1 unspecified atom stereocenters. The van der Waals surface area contributed by atoms with E-state index in [2.05, 4.69) is 53.6 Å². The number of benzene rings is 1. The van der Waals surface area contributed by atoms with E-state index in [0.717, 1.165) is 18.4 Å². The summed E-state index contributed by atoms with van der Waals surface area (Å²) in [6, 6.07) is 9.70. The van der Waals surface area contributed by atoms with Crippen LogP contribution in [0.25, 0.3) is 0 Å². The minimum atomic E-state index is -0.417. The Hall–Kier alpha value is -2.74. The molecule has 1 saturated heterocycles. The Morgan fingerprint density at radius 1 is 1.10 bits per heavy atom. The molecule has 0 spiro atoms. The summed E-state index contributed by atoms with van der Waals surface area (Å²) in [6.45, 7) is 10.5. The number of nitrogens with one attached hydrogen (secondary N) is 3. The van der Waals surface area contributed by atoms with E-state index in [1.165, 1.54) is 6.33 Å². The van der Waals surface area contributed by atoms with E-state index in [1.807, 2.05) is 37.3 Å². The second-order valence-corrected chi connectivity index (χ2v) is 9.10. The third-order valence-corrected chi connectivity index (χ3v) is 5.19. The fraction of sp³-hybridized carbons (Fsp3) is 0.524. The lowest BCUT2D eigenvalue weighted by atomic mass is 9.79. The van der Waals surface area contributed by atoms with Crippen LogP contribution < -0.4 is 16.0 Å². The second-order valence-electron chi connectivity index (χ2n) is 9.10. The molecule has 8 heteroatoms. The van der Waals surface area contributed by atoms with Crippen molar-refractivity contribution in [2.45, 2.75) is 70.6 Å². The Kier molecular flexibility index (Phi) is 5.75. The largest absolute Gasteiger partial charge is 0.361 e. The highest BCUT2D eigenvalue weighted by atomic mass is 16.6. The highest BCUT2D eigenvalue weighted by Crippen LogP contribution is 2.35. The fourth-order valence-corrected chi connectivity index (χ4v) is 4.41. The van der Waals surface area contributed by atoms with Gasteiger partial charge in [-0.05, 0) is 53.0 Å². The smallest absolute Gasteiger partial charge is 0.353 e. The second kappa shape index (κ2) is 7.94. The van der Waals surface area contributed by atoms with Gasteiger partial charge in [-0.3, -0.25) is 10.1 Å². The topological polar surface area (TPSA) is 105 Å². The van der Waals surface area contributed by atoms with Crippen molar-refractivity contribution in [3.05, 3.63) is 52.3 Å². The molecule has 1 aliphatic rings. The van der Waals surface area contributed by atoms with E-state index in [9.17, 15) is 10.1 Å². The molecule has 1 aromatic heterocycles. The summed E-state index contributed by atoms with van der Waals surface area (Å²) in [4.78, 5) is 19.8. The zero-order valence-electron chi connectivity index (χ0n) is 17.7. The van der Waals surface area contributed by atoms with Gasteiger partial charge in [-0.25, -0.2) is 9.97 Å². The summed E-state index contributed by atoms with van der Waals surface area (Å²) in [5.74, 6) is 0.475. The van der Waals surface area contributed by atoms with Crippen molar-refractivity contribution in [2.24, 2.45) is 0 Å². The summed E-state index contributed by atoms with van der Waals surface area (Å²) in [6.07, 6.45) is 3.04. The van der Waals surface area contributed by atoms with E-state index >= 15 is 0 Å². The van der Waals surface area contributed by atoms with Gasteiger partial charge >= 0.3 is 5.69 Å². The van der Waals surface area contributed by atoms with Crippen molar-refractivity contribution in [1.29, 1.82) is 0 Å². The minimum absolute atomic E-state index is 0.0641. The Morgan fingerprint density at radius 2 is 1.69 bits per heavy atom. The van der Waals surface area contributed by atoms with E-state index in [4.69, 9.17) is 0 Å². The molecule has 0 aliphatic carbocycles. The fourth-order valence-electron chi connectivity index (χ4n) is 4.41. The molecule has 0 saturated carbocycles. The first-order valence-corrected chi connectivity index (χ1v) is 9.93. The zero-order chi connectivity index (χ0) is 21.2. The molecular formula is C21H30N6O2. The lowest BCUT2D eigenvalue weighted by Gasteiger charge is -2.46. The normalized spacial score (nSPS) is 19.3. The number of aromatic nitrogens is 2. The van der Waals surface area contributed by atoms with Crippen LogP contribution in [0.15, 0.2) is 36.7 Å². The maximum Gasteiger partial charge on any atom is 0.353 e. The van der Waals surface area contributed by atoms with Crippen LogP contribution in [-0.2, 0) is 0 Å². The zero-order valence-corrected chi connectivity index (χ0v) is 17.7. The SMILES string of the molecule is CC(Nc1ncnc(NC2CC(C)(C)NC(C)(C)C2)c1[N+](=O)[O-])c1ccccc1. The molecule has 0 amide bonds. The van der Waals surface area contributed by atoms with Crippen molar-refractivity contribution in [3.8, 4) is 0 Å². The van der Waals surface area contributed by atoms with E-state index < -0.39 is 4.92 Å². The van der Waals surface area contributed by atoms with Crippen LogP contribution in [0.4, 0.5) is 17.3 Å². The molecule has 1 aromatic carbocycles. The summed E-state index contributed by atoms with van der Waals surface area (Å²) in [5.41, 5.74) is 0.745. The van der Waals surface area contributed by atoms with Gasteiger partial charge in [0, 0.05) is 17.1 Å². The molecule has 3 rings (SSSR count). The van der Waals surface area contributed by atoms with Crippen LogP contribution in [-0.4, -0.2) is 32.0 Å². The maximum atomic E-state index is 11.9. The van der Waals surface area contributed by atoms with E-state index in [1.54, 1.807) is 0 Å². The van der Waals surface area contributed by atoms with Crippen LogP contribution >= 0.6 is 0 Å². The van der Waals surface area contributed by atoms with Gasteiger partial charge < -0.3 is 16.0 Å². The molecule has 0 radical (unpaired) electrons. The number of piperidine rings is 1. The van der Waals surface area contributed by atoms with Crippen molar-refractivity contribution in [2.75, 3.05) is 10.6 Å². The molecule has 156 valence electrons. The molecule has 3 N–H and O–H groups in total. The predicted molar refractivity (Wildman–Crippen MR) is 115 cm³/mol. The van der Waals surface area contributed by atoms with Gasteiger partial charge in [0.2, 0.25) is 11.6 Å². The van der Waals surface area contributed by atoms with Gasteiger partial charge in [0.1, 0.15) is 6.33 Å². The lowest BCUT2D eigenvalue weighted by Crippen LogP contribution is -2.60. The Labute approximate surface area is 171 Å². The summed E-state index contributed by atoms with van der Waals surface area (Å²) in [7, 11) is 0. The van der Waals surface area contributed by atoms with Gasteiger partial charge in [0.15, 0.2) is 0 Å². The van der Waals surface area contributed by atoms with Gasteiger partial charge in [-0.15, -0.1) is 0 Å². The molecule has 8 nitrogen and oxygen atoms in total. The van der Waals surface area contributed by atoms with E-state index in [-0.39, 0.29) is 40.5 Å². The van der Waals surface area contributed by atoms with Crippen LogP contribution in [0.2, 0.25) is 0 Å². The predicted octanol–water partition coefficient (Wildman–Crippen LogP) is 4.28. The van der Waals surface area contributed by atoms with Gasteiger partial charge in [-0.2, -0.15) is 0 Å². The molecule has 2 aromatic rings. The number of nitro groups is 1. The lowest BCUT2D eigenvalue weighted by molar-refractivity contribution is -0.383. The number of anilines is 2. The molecule has 2 heterocycles. The molecular weight excluding hydrogens is 368 g/mol. The van der Waals surface area contributed by atoms with Crippen LogP contribution in [0, 0.1) is 10.1 Å². The Balaban J connectivity index is 1.86. The van der Waals surface area contributed by atoms with Crippen molar-refractivity contribution < 1.29 is 4.92 Å². The van der Waals surface area contributed by atoms with Crippen molar-refractivity contribution in [1.82, 2.24) is 15.3 Å². The Morgan fingerprint density at radius 3 is 2.28 bits per heavy atom. The first-order chi connectivity index (χ1) is 13.6. The third-order valence-electron chi connectivity index (χ3n) is 5.19. The minimum Gasteiger partial charge on any atom is -0.361 e. The molecule has 0 bridgehead atoms. The first-order valence-electron chi connectivity index (χ1n) is 9.93. The van der Waals surface area contributed by atoms with Crippen LogP contribution in [0.3, 0.4) is 0 Å². The summed E-state index contributed by atoms with van der Waals surface area (Å²) >= 11 is 0. The third kappa shape index (κ3) is 5.20. The first kappa shape index (κ1) is 21.0. The number of nitrogens with zero attached hydrogens (tertiary/aromatic N) is 3. The van der Waals surface area contributed by atoms with Gasteiger partial charge in [0.05, 0.1) is 11.0 Å². The highest BCUT2D eigenvalue weighted by Gasteiger charge is 2.38. The Bertz CT molecular complexity index is 853. The number of rotatable bonds is 6. The van der Waals surface area contributed by atoms with Crippen LogP contribution in [0.5, 0.6) is 0 Å². The van der Waals surface area contributed by atoms with Crippen molar-refractivity contribution in [3.63, 3.8) is 0 Å². The number of hydrogen-bond acceptors (Lipinski definition) is 7. The van der Waals surface area contributed by atoms with Crippen LogP contribution in [0.1, 0.15) is 59.1 Å². The standard InChI is InChI=1S/C21H30N6O2/c1-14(15-9-7-6-8-10-15)24-18-17(27(28)29)19(23-13-22-18)25-16-11-20(2,3)26-21(4,5)12-16/h6-10,13-14,16,26H,11-12H2,1-5H3,(H2,22,23,24,25). The highest BCUT2D eigenvalue weighted by molar-refractivity contribution is 5.70. The summed E-state index contributed by atoms with van der Waals surface area (Å²) < 4.78 is 0. The summed E-state index contributed by atoms with van der Waals surface area (Å²) in [5, 5.41) is 22.0. The number of hydrogen-bond donors (Lipinski definition) is 3. The molecule has 1 aliphatic heterocycles. The quantitative estimate of drug-likeness (QED) is 0.493. The van der Waals surface area contributed by atoms with E-state index in [0.29, 0.717) is 0 Å². The maximum absolute atomic E-state index is 11.9. The average Bonchev–Trinajstić information content (AvgIpc) is 2.59. The monoisotopic (exact) mass is 398 g/mol. The van der Waals surface area contributed by atoms with Gasteiger partial charge in [0.25, 0.3) is 0 Å². The van der Waals surface area contributed by atoms with Crippen molar-refractivity contribution >= 4 is 17.3 Å². The van der Waals surface area contributed by atoms with Gasteiger partial charge in [-0.1, -0.05) is 30.3 Å². The molecule has 1 fully saturated rings. The molecule has 29 heavy (non-hydrogen) atoms. The molecule has 1 atom stereocenters.